The van der Waals surface area contributed by atoms with Gasteiger partial charge in [0.25, 0.3) is 5.91 Å². The number of hydrogen-bond donors (Lipinski definition) is 2. The zero-order chi connectivity index (χ0) is 15.9. The first-order chi connectivity index (χ1) is 9.84. The normalized spacial score (nSPS) is 10.7. The number of rotatable bonds is 5. The molecule has 0 unspecified atom stereocenters. The summed E-state index contributed by atoms with van der Waals surface area (Å²) in [6.45, 7) is 7.42. The molecule has 0 aliphatic heterocycles. The standard InChI is InChI=1S/C15H22N2O4/c1-5-20-11-8-6-7-9-12(11)21-10-13(18)16-17-14(19)15(2,3)4/h6-9H,5,10H2,1-4H3,(H,16,18)(H,17,19). The monoisotopic (exact) mass is 294 g/mol. The van der Waals surface area contributed by atoms with Crippen LogP contribution in [0.4, 0.5) is 0 Å². The summed E-state index contributed by atoms with van der Waals surface area (Å²) >= 11 is 0. The van der Waals surface area contributed by atoms with Crippen molar-refractivity contribution in [3.05, 3.63) is 24.3 Å². The molecule has 0 radical (unpaired) electrons. The largest absolute Gasteiger partial charge is 0.490 e. The Kier molecular flexibility index (Phi) is 6.02. The Bertz CT molecular complexity index is 495. The van der Waals surface area contributed by atoms with Gasteiger partial charge >= 0.3 is 0 Å². The SMILES string of the molecule is CCOc1ccccc1OCC(=O)NNC(=O)C(C)(C)C. The number of ether oxygens (including phenoxy) is 2. The topological polar surface area (TPSA) is 76.7 Å². The number of carbonyl (C=O) groups is 2. The molecule has 6 heteroatoms. The van der Waals surface area contributed by atoms with Crippen LogP contribution in [0.15, 0.2) is 24.3 Å². The van der Waals surface area contributed by atoms with Gasteiger partial charge in [0, 0.05) is 5.41 Å². The quantitative estimate of drug-likeness (QED) is 0.810. The van der Waals surface area contributed by atoms with Crippen LogP contribution in [0.3, 0.4) is 0 Å². The van der Waals surface area contributed by atoms with Crippen molar-refractivity contribution in [2.75, 3.05) is 13.2 Å². The maximum absolute atomic E-state index is 11.6. The van der Waals surface area contributed by atoms with Gasteiger partial charge in [0.05, 0.1) is 6.61 Å². The summed E-state index contributed by atoms with van der Waals surface area (Å²) in [5.74, 6) is 0.340. The number of carbonyl (C=O) groups excluding carboxylic acids is 2. The Morgan fingerprint density at radius 1 is 1.05 bits per heavy atom. The summed E-state index contributed by atoms with van der Waals surface area (Å²) < 4.78 is 10.8. The molecule has 0 aromatic heterocycles. The Labute approximate surface area is 124 Å². The second-order valence-electron chi connectivity index (χ2n) is 5.42. The van der Waals surface area contributed by atoms with Crippen molar-refractivity contribution in [2.45, 2.75) is 27.7 Å². The van der Waals surface area contributed by atoms with E-state index in [4.69, 9.17) is 9.47 Å². The lowest BCUT2D eigenvalue weighted by molar-refractivity contribution is -0.134. The minimum atomic E-state index is -0.574. The lowest BCUT2D eigenvalue weighted by atomic mass is 9.96. The average molecular weight is 294 g/mol. The Morgan fingerprint density at radius 3 is 2.14 bits per heavy atom. The average Bonchev–Trinajstić information content (AvgIpc) is 2.43. The Balaban J connectivity index is 2.45. The fourth-order valence-electron chi connectivity index (χ4n) is 1.34. The van der Waals surface area contributed by atoms with Crippen LogP contribution in [0, 0.1) is 5.41 Å². The highest BCUT2D eigenvalue weighted by Crippen LogP contribution is 2.26. The first kappa shape index (κ1) is 16.8. The van der Waals surface area contributed by atoms with Gasteiger partial charge in [-0.05, 0) is 19.1 Å². The predicted molar refractivity (Wildman–Crippen MR) is 78.8 cm³/mol. The minimum absolute atomic E-state index is 0.214. The van der Waals surface area contributed by atoms with Crippen LogP contribution in [-0.2, 0) is 9.59 Å². The summed E-state index contributed by atoms with van der Waals surface area (Å²) in [7, 11) is 0. The Hall–Kier alpha value is -2.24. The fraction of sp³-hybridized carbons (Fsp3) is 0.467. The molecule has 1 rings (SSSR count). The van der Waals surface area contributed by atoms with Gasteiger partial charge in [-0.25, -0.2) is 0 Å². The van der Waals surface area contributed by atoms with Crippen LogP contribution < -0.4 is 20.3 Å². The van der Waals surface area contributed by atoms with E-state index in [-0.39, 0.29) is 12.5 Å². The van der Waals surface area contributed by atoms with Crippen LogP contribution in [0.1, 0.15) is 27.7 Å². The molecule has 6 nitrogen and oxygen atoms in total. The smallest absolute Gasteiger partial charge is 0.276 e. The number of amides is 2. The maximum atomic E-state index is 11.6. The van der Waals surface area contributed by atoms with Crippen molar-refractivity contribution >= 4 is 11.8 Å². The molecule has 0 heterocycles. The summed E-state index contributed by atoms with van der Waals surface area (Å²) in [5, 5.41) is 0. The first-order valence-electron chi connectivity index (χ1n) is 6.78. The molecule has 0 saturated heterocycles. The van der Waals surface area contributed by atoms with Gasteiger partial charge in [0.15, 0.2) is 18.1 Å². The van der Waals surface area contributed by atoms with Gasteiger partial charge in [-0.2, -0.15) is 0 Å². The van der Waals surface area contributed by atoms with E-state index in [1.807, 2.05) is 13.0 Å². The van der Waals surface area contributed by atoms with Crippen LogP contribution in [0.25, 0.3) is 0 Å². The van der Waals surface area contributed by atoms with E-state index < -0.39 is 11.3 Å². The maximum Gasteiger partial charge on any atom is 0.276 e. The van der Waals surface area contributed by atoms with Crippen LogP contribution in [0.5, 0.6) is 11.5 Å². The third-order valence-corrected chi connectivity index (χ3v) is 2.50. The van der Waals surface area contributed by atoms with Crippen molar-refractivity contribution in [1.29, 1.82) is 0 Å². The fourth-order valence-corrected chi connectivity index (χ4v) is 1.34. The molecular formula is C15H22N2O4. The zero-order valence-corrected chi connectivity index (χ0v) is 12.9. The molecule has 0 bridgehead atoms. The van der Waals surface area contributed by atoms with E-state index in [0.29, 0.717) is 18.1 Å². The molecule has 1 aromatic carbocycles. The highest BCUT2D eigenvalue weighted by molar-refractivity contribution is 5.85. The lowest BCUT2D eigenvalue weighted by Gasteiger charge is -2.18. The molecule has 1 aromatic rings. The minimum Gasteiger partial charge on any atom is -0.490 e. The van der Waals surface area contributed by atoms with E-state index in [0.717, 1.165) is 0 Å². The van der Waals surface area contributed by atoms with Gasteiger partial charge in [-0.1, -0.05) is 32.9 Å². The van der Waals surface area contributed by atoms with E-state index in [1.54, 1.807) is 39.0 Å². The van der Waals surface area contributed by atoms with E-state index in [1.165, 1.54) is 0 Å². The second-order valence-corrected chi connectivity index (χ2v) is 5.42. The highest BCUT2D eigenvalue weighted by atomic mass is 16.5. The third kappa shape index (κ3) is 5.72. The number of benzene rings is 1. The highest BCUT2D eigenvalue weighted by Gasteiger charge is 2.21. The van der Waals surface area contributed by atoms with Crippen molar-refractivity contribution in [3.8, 4) is 11.5 Å². The summed E-state index contributed by atoms with van der Waals surface area (Å²) in [6.07, 6.45) is 0. The van der Waals surface area contributed by atoms with Crippen molar-refractivity contribution in [1.82, 2.24) is 10.9 Å². The predicted octanol–water partition coefficient (Wildman–Crippen LogP) is 1.66. The van der Waals surface area contributed by atoms with Gasteiger partial charge in [0.2, 0.25) is 5.91 Å². The van der Waals surface area contributed by atoms with Gasteiger partial charge < -0.3 is 9.47 Å². The van der Waals surface area contributed by atoms with Gasteiger partial charge in [-0.15, -0.1) is 0 Å². The number of hydrazine groups is 1. The van der Waals surface area contributed by atoms with E-state index in [2.05, 4.69) is 10.9 Å². The molecule has 116 valence electrons. The van der Waals surface area contributed by atoms with Crippen LogP contribution >= 0.6 is 0 Å². The molecular weight excluding hydrogens is 272 g/mol. The molecule has 21 heavy (non-hydrogen) atoms. The third-order valence-electron chi connectivity index (χ3n) is 2.50. The van der Waals surface area contributed by atoms with Crippen molar-refractivity contribution in [3.63, 3.8) is 0 Å². The molecule has 0 aliphatic rings. The molecule has 0 aliphatic carbocycles. The van der Waals surface area contributed by atoms with Crippen LogP contribution in [0.2, 0.25) is 0 Å². The van der Waals surface area contributed by atoms with Gasteiger partial charge in [-0.3, -0.25) is 20.4 Å². The van der Waals surface area contributed by atoms with Crippen LogP contribution in [-0.4, -0.2) is 25.0 Å². The number of nitrogens with one attached hydrogen (secondary N) is 2. The van der Waals surface area contributed by atoms with Crippen molar-refractivity contribution < 1.29 is 19.1 Å². The number of para-hydroxylation sites is 2. The van der Waals surface area contributed by atoms with Crippen molar-refractivity contribution in [2.24, 2.45) is 5.41 Å². The molecule has 2 N–H and O–H groups in total. The zero-order valence-electron chi connectivity index (χ0n) is 12.9. The summed E-state index contributed by atoms with van der Waals surface area (Å²) in [4.78, 5) is 23.2. The van der Waals surface area contributed by atoms with Gasteiger partial charge in [0.1, 0.15) is 0 Å². The van der Waals surface area contributed by atoms with E-state index in [9.17, 15) is 9.59 Å². The molecule has 0 fully saturated rings. The molecule has 0 saturated carbocycles. The Morgan fingerprint density at radius 2 is 1.62 bits per heavy atom. The number of hydrogen-bond acceptors (Lipinski definition) is 4. The molecule has 0 spiro atoms. The lowest BCUT2D eigenvalue weighted by Crippen LogP contribution is -2.48. The molecule has 2 amide bonds. The molecule has 0 atom stereocenters. The van der Waals surface area contributed by atoms with E-state index >= 15 is 0 Å². The second kappa shape index (κ2) is 7.52. The summed E-state index contributed by atoms with van der Waals surface area (Å²) in [5.41, 5.74) is 4.08. The summed E-state index contributed by atoms with van der Waals surface area (Å²) in [6, 6.07) is 7.09. The first-order valence-corrected chi connectivity index (χ1v) is 6.78.